The van der Waals surface area contributed by atoms with Crippen LogP contribution in [0.5, 0.6) is 0 Å². The fourth-order valence-corrected chi connectivity index (χ4v) is 4.62. The number of amides is 4. The van der Waals surface area contributed by atoms with E-state index in [1.807, 2.05) is 60.7 Å². The minimum Gasteiger partial charge on any atom is -0.447 e. The smallest absolute Gasteiger partial charge is 0.417 e. The van der Waals surface area contributed by atoms with E-state index in [1.165, 1.54) is 4.90 Å². The molecule has 0 saturated carbocycles. The van der Waals surface area contributed by atoms with Crippen molar-refractivity contribution in [2.45, 2.75) is 37.8 Å². The van der Waals surface area contributed by atoms with Crippen LogP contribution < -0.4 is 0 Å². The van der Waals surface area contributed by atoms with Crippen molar-refractivity contribution in [2.24, 2.45) is 5.92 Å². The average Bonchev–Trinajstić information content (AvgIpc) is 3.45. The number of hydrogen-bond acceptors (Lipinski definition) is 6. The second-order valence-corrected chi connectivity index (χ2v) is 9.08. The third-order valence-electron chi connectivity index (χ3n) is 6.46. The lowest BCUT2D eigenvalue weighted by Crippen LogP contribution is -2.43. The van der Waals surface area contributed by atoms with Crippen LogP contribution in [0.15, 0.2) is 85.5 Å². The first-order valence-corrected chi connectivity index (χ1v) is 12.3. The number of rotatable bonds is 10. The molecule has 2 aromatic rings. The van der Waals surface area contributed by atoms with Crippen LogP contribution in [0.3, 0.4) is 0 Å². The molecule has 3 unspecified atom stereocenters. The molecule has 0 bridgehead atoms. The molecule has 0 spiro atoms. The largest absolute Gasteiger partial charge is 0.447 e. The molecular formula is C29H30N2O6. The number of carbonyl (C=O) groups is 4. The second kappa shape index (κ2) is 12.2. The van der Waals surface area contributed by atoms with Gasteiger partial charge in [0.1, 0.15) is 13.2 Å². The van der Waals surface area contributed by atoms with Crippen LogP contribution >= 0.6 is 0 Å². The first-order chi connectivity index (χ1) is 18.0. The number of carbonyl (C=O) groups excluding carboxylic acids is 4. The second-order valence-electron chi connectivity index (χ2n) is 9.08. The Kier molecular flexibility index (Phi) is 8.51. The first-order valence-electron chi connectivity index (χ1n) is 12.3. The van der Waals surface area contributed by atoms with Crippen molar-refractivity contribution >= 4 is 24.0 Å². The summed E-state index contributed by atoms with van der Waals surface area (Å²) in [6, 6.07) is 18.4. The van der Waals surface area contributed by atoms with Gasteiger partial charge in [-0.15, -0.1) is 6.58 Å². The number of hydrogen-bond donors (Lipinski definition) is 0. The van der Waals surface area contributed by atoms with Crippen LogP contribution in [0.2, 0.25) is 0 Å². The Morgan fingerprint density at radius 3 is 1.92 bits per heavy atom. The first kappa shape index (κ1) is 25.9. The van der Waals surface area contributed by atoms with E-state index in [0.717, 1.165) is 16.0 Å². The van der Waals surface area contributed by atoms with Gasteiger partial charge >= 0.3 is 12.2 Å². The van der Waals surface area contributed by atoms with E-state index in [9.17, 15) is 19.2 Å². The predicted octanol–water partition coefficient (Wildman–Crippen LogP) is 4.31. The zero-order chi connectivity index (χ0) is 26.2. The Labute approximate surface area is 216 Å². The predicted molar refractivity (Wildman–Crippen MR) is 136 cm³/mol. The highest BCUT2D eigenvalue weighted by Crippen LogP contribution is 2.23. The summed E-state index contributed by atoms with van der Waals surface area (Å²) in [5, 5.41) is 0. The topological polar surface area (TPSA) is 93.2 Å². The van der Waals surface area contributed by atoms with Crippen molar-refractivity contribution in [3.05, 3.63) is 96.6 Å². The van der Waals surface area contributed by atoms with Crippen molar-refractivity contribution in [3.8, 4) is 0 Å². The maximum atomic E-state index is 13.3. The Balaban J connectivity index is 1.40. The minimum absolute atomic E-state index is 0.0841. The Bertz CT molecular complexity index is 1160. The lowest BCUT2D eigenvalue weighted by molar-refractivity contribution is -0.132. The SMILES string of the molecule is C=CCC(C=CCC(=O)N1C(=O)OCC1Cc1ccccc1)C(=O)N1C(=O)OCC1Cc1ccccc1. The summed E-state index contributed by atoms with van der Waals surface area (Å²) in [4.78, 5) is 53.2. The van der Waals surface area contributed by atoms with Crippen molar-refractivity contribution < 1.29 is 28.7 Å². The molecule has 37 heavy (non-hydrogen) atoms. The average molecular weight is 503 g/mol. The molecule has 0 N–H and O–H groups in total. The summed E-state index contributed by atoms with van der Waals surface area (Å²) in [5.41, 5.74) is 1.99. The van der Waals surface area contributed by atoms with E-state index in [2.05, 4.69) is 6.58 Å². The van der Waals surface area contributed by atoms with Gasteiger partial charge in [0.15, 0.2) is 0 Å². The van der Waals surface area contributed by atoms with Gasteiger partial charge in [0.2, 0.25) is 11.8 Å². The molecule has 192 valence electrons. The Morgan fingerprint density at radius 2 is 1.38 bits per heavy atom. The van der Waals surface area contributed by atoms with E-state index >= 15 is 0 Å². The maximum absolute atomic E-state index is 13.3. The molecule has 8 nitrogen and oxygen atoms in total. The van der Waals surface area contributed by atoms with E-state index < -0.39 is 36.0 Å². The summed E-state index contributed by atoms with van der Waals surface area (Å²) in [6.07, 6.45) is 4.60. The normalized spacial score (nSPS) is 20.1. The number of benzene rings is 2. The number of cyclic esters (lactones) is 2. The summed E-state index contributed by atoms with van der Waals surface area (Å²) in [6.45, 7) is 3.99. The molecule has 2 aromatic carbocycles. The molecule has 2 saturated heterocycles. The lowest BCUT2D eigenvalue weighted by atomic mass is 10.00. The molecule has 2 aliphatic rings. The van der Waals surface area contributed by atoms with Gasteiger partial charge < -0.3 is 9.47 Å². The summed E-state index contributed by atoms with van der Waals surface area (Å²) in [7, 11) is 0. The van der Waals surface area contributed by atoms with Crippen LogP contribution in [-0.4, -0.2) is 59.1 Å². The molecule has 3 atom stereocenters. The highest BCUT2D eigenvalue weighted by Gasteiger charge is 2.40. The quantitative estimate of drug-likeness (QED) is 0.450. The molecule has 8 heteroatoms. The fraction of sp³-hybridized carbons (Fsp3) is 0.310. The molecule has 0 aromatic heterocycles. The third kappa shape index (κ3) is 6.33. The molecule has 4 amide bonds. The monoisotopic (exact) mass is 502 g/mol. The summed E-state index contributed by atoms with van der Waals surface area (Å²) >= 11 is 0. The number of nitrogens with zero attached hydrogens (tertiary/aromatic N) is 2. The van der Waals surface area contributed by atoms with Gasteiger partial charge in [-0.3, -0.25) is 9.59 Å². The van der Waals surface area contributed by atoms with Crippen LogP contribution in [0.4, 0.5) is 9.59 Å². The van der Waals surface area contributed by atoms with E-state index in [1.54, 1.807) is 18.2 Å². The van der Waals surface area contributed by atoms with E-state index in [0.29, 0.717) is 12.8 Å². The maximum Gasteiger partial charge on any atom is 0.417 e. The van der Waals surface area contributed by atoms with E-state index in [4.69, 9.17) is 9.47 Å². The molecule has 0 radical (unpaired) electrons. The van der Waals surface area contributed by atoms with Gasteiger partial charge in [0.25, 0.3) is 0 Å². The number of ether oxygens (including phenoxy) is 2. The molecule has 2 aliphatic heterocycles. The lowest BCUT2D eigenvalue weighted by Gasteiger charge is -2.23. The van der Waals surface area contributed by atoms with Gasteiger partial charge in [-0.1, -0.05) is 78.9 Å². The zero-order valence-corrected chi connectivity index (χ0v) is 20.5. The third-order valence-corrected chi connectivity index (χ3v) is 6.46. The molecular weight excluding hydrogens is 472 g/mol. The van der Waals surface area contributed by atoms with Gasteiger partial charge in [-0.25, -0.2) is 19.4 Å². The highest BCUT2D eigenvalue weighted by atomic mass is 16.6. The minimum atomic E-state index is -0.695. The Morgan fingerprint density at radius 1 is 0.865 bits per heavy atom. The molecule has 2 heterocycles. The molecule has 2 fully saturated rings. The standard InChI is InChI=1S/C29H30N2O6/c1-2-10-23(27(33)31-25(20-37-29(31)35)18-22-13-7-4-8-14-22)15-9-16-26(32)30-24(19-36-28(30)34)17-21-11-5-3-6-12-21/h2-9,11-15,23-25H,1,10,16-20H2. The van der Waals surface area contributed by atoms with E-state index in [-0.39, 0.29) is 32.1 Å². The van der Waals surface area contributed by atoms with Crippen LogP contribution in [0.1, 0.15) is 24.0 Å². The van der Waals surface area contributed by atoms with Crippen LogP contribution in [0.25, 0.3) is 0 Å². The van der Waals surface area contributed by atoms with Gasteiger partial charge in [-0.05, 0) is 30.4 Å². The zero-order valence-electron chi connectivity index (χ0n) is 20.5. The van der Waals surface area contributed by atoms with Gasteiger partial charge in [-0.2, -0.15) is 0 Å². The summed E-state index contributed by atoms with van der Waals surface area (Å²) in [5.74, 6) is -1.51. The van der Waals surface area contributed by atoms with Crippen molar-refractivity contribution in [1.29, 1.82) is 0 Å². The summed E-state index contributed by atoms with van der Waals surface area (Å²) < 4.78 is 10.3. The van der Waals surface area contributed by atoms with Crippen LogP contribution in [0, 0.1) is 5.92 Å². The van der Waals surface area contributed by atoms with Gasteiger partial charge in [0.05, 0.1) is 18.0 Å². The number of allylic oxidation sites excluding steroid dienone is 1. The Hall–Kier alpha value is -4.20. The van der Waals surface area contributed by atoms with Crippen molar-refractivity contribution in [2.75, 3.05) is 13.2 Å². The molecule has 4 rings (SSSR count). The fourth-order valence-electron chi connectivity index (χ4n) is 4.62. The number of imide groups is 2. The van der Waals surface area contributed by atoms with Crippen molar-refractivity contribution in [3.63, 3.8) is 0 Å². The van der Waals surface area contributed by atoms with Gasteiger partial charge in [0, 0.05) is 6.42 Å². The highest BCUT2D eigenvalue weighted by molar-refractivity contribution is 5.96. The molecule has 0 aliphatic carbocycles. The van der Waals surface area contributed by atoms with Crippen molar-refractivity contribution in [1.82, 2.24) is 9.80 Å². The van der Waals surface area contributed by atoms with Crippen LogP contribution in [-0.2, 0) is 31.9 Å².